The normalized spacial score (nSPS) is 15.8. The number of hydrogen-bond donors (Lipinski definition) is 1. The van der Waals surface area contributed by atoms with Crippen LogP contribution in [0.4, 0.5) is 0 Å². The summed E-state index contributed by atoms with van der Waals surface area (Å²) in [7, 11) is 0. The SMILES string of the molecule is CCN(C(=O)C[C@@H](NC(C)=O)c1ccc(Cl)cc1)C1CCC1. The minimum atomic E-state index is -0.309. The maximum absolute atomic E-state index is 12.6. The van der Waals surface area contributed by atoms with Crippen LogP contribution in [0.3, 0.4) is 0 Å². The Hall–Kier alpha value is -1.55. The van der Waals surface area contributed by atoms with E-state index in [4.69, 9.17) is 11.6 Å². The molecule has 1 aromatic carbocycles. The van der Waals surface area contributed by atoms with Crippen molar-refractivity contribution in [2.75, 3.05) is 6.54 Å². The zero-order valence-electron chi connectivity index (χ0n) is 13.1. The molecular weight excluding hydrogens is 300 g/mol. The summed E-state index contributed by atoms with van der Waals surface area (Å²) >= 11 is 5.91. The van der Waals surface area contributed by atoms with Crippen molar-refractivity contribution in [1.29, 1.82) is 0 Å². The first-order valence-corrected chi connectivity index (χ1v) is 8.21. The highest BCUT2D eigenvalue weighted by molar-refractivity contribution is 6.30. The predicted octanol–water partition coefficient (Wildman–Crippen LogP) is 3.31. The van der Waals surface area contributed by atoms with Gasteiger partial charge >= 0.3 is 0 Å². The summed E-state index contributed by atoms with van der Waals surface area (Å²) in [5.41, 5.74) is 0.901. The van der Waals surface area contributed by atoms with Crippen molar-refractivity contribution in [3.05, 3.63) is 34.9 Å². The van der Waals surface area contributed by atoms with Crippen molar-refractivity contribution in [1.82, 2.24) is 10.2 Å². The molecule has 0 spiro atoms. The number of nitrogens with zero attached hydrogens (tertiary/aromatic N) is 1. The fourth-order valence-electron chi connectivity index (χ4n) is 2.82. The van der Waals surface area contributed by atoms with Gasteiger partial charge in [0.1, 0.15) is 0 Å². The van der Waals surface area contributed by atoms with Gasteiger partial charge in [-0.2, -0.15) is 0 Å². The van der Waals surface area contributed by atoms with E-state index in [9.17, 15) is 9.59 Å². The van der Waals surface area contributed by atoms with E-state index in [1.807, 2.05) is 24.0 Å². The molecule has 0 unspecified atom stereocenters. The van der Waals surface area contributed by atoms with Gasteiger partial charge in [-0.15, -0.1) is 0 Å². The van der Waals surface area contributed by atoms with Crippen molar-refractivity contribution in [3.63, 3.8) is 0 Å². The summed E-state index contributed by atoms with van der Waals surface area (Å²) in [4.78, 5) is 26.0. The highest BCUT2D eigenvalue weighted by atomic mass is 35.5. The van der Waals surface area contributed by atoms with E-state index >= 15 is 0 Å². The first kappa shape index (κ1) is 16.8. The smallest absolute Gasteiger partial charge is 0.225 e. The van der Waals surface area contributed by atoms with Gasteiger partial charge in [0.2, 0.25) is 11.8 Å². The maximum atomic E-state index is 12.6. The van der Waals surface area contributed by atoms with Gasteiger partial charge in [-0.1, -0.05) is 23.7 Å². The third kappa shape index (κ3) is 4.23. The van der Waals surface area contributed by atoms with Crippen LogP contribution in [0.15, 0.2) is 24.3 Å². The molecule has 1 N–H and O–H groups in total. The molecule has 1 saturated carbocycles. The summed E-state index contributed by atoms with van der Waals surface area (Å²) < 4.78 is 0. The molecule has 0 bridgehead atoms. The number of carbonyl (C=O) groups is 2. The second-order valence-electron chi connectivity index (χ2n) is 5.77. The number of carbonyl (C=O) groups excluding carboxylic acids is 2. The fraction of sp³-hybridized carbons (Fsp3) is 0.529. The molecule has 1 aromatic rings. The average molecular weight is 323 g/mol. The van der Waals surface area contributed by atoms with Gasteiger partial charge in [-0.3, -0.25) is 9.59 Å². The van der Waals surface area contributed by atoms with Gasteiger partial charge < -0.3 is 10.2 Å². The van der Waals surface area contributed by atoms with Crippen molar-refractivity contribution in [2.24, 2.45) is 0 Å². The van der Waals surface area contributed by atoms with E-state index in [-0.39, 0.29) is 24.3 Å². The van der Waals surface area contributed by atoms with E-state index in [0.717, 1.165) is 24.9 Å². The summed E-state index contributed by atoms with van der Waals surface area (Å²) in [5, 5.41) is 3.51. The summed E-state index contributed by atoms with van der Waals surface area (Å²) in [6, 6.07) is 7.34. The van der Waals surface area contributed by atoms with Crippen LogP contribution in [0.1, 0.15) is 51.1 Å². The number of halogens is 1. The van der Waals surface area contributed by atoms with Gasteiger partial charge in [0.15, 0.2) is 0 Å². The standard InChI is InChI=1S/C17H23ClN2O2/c1-3-20(15-5-4-6-15)17(22)11-16(19-12(2)21)13-7-9-14(18)10-8-13/h7-10,15-16H,3-6,11H2,1-2H3,(H,19,21)/t16-/m1/s1. The number of benzene rings is 1. The monoisotopic (exact) mass is 322 g/mol. The molecule has 1 aliphatic rings. The van der Waals surface area contributed by atoms with Crippen molar-refractivity contribution in [2.45, 2.75) is 51.6 Å². The molecule has 4 nitrogen and oxygen atoms in total. The van der Waals surface area contributed by atoms with E-state index in [1.54, 1.807) is 12.1 Å². The molecule has 5 heteroatoms. The quantitative estimate of drug-likeness (QED) is 0.873. The molecule has 0 radical (unpaired) electrons. The third-order valence-electron chi connectivity index (χ3n) is 4.21. The van der Waals surface area contributed by atoms with Crippen LogP contribution in [0, 0.1) is 0 Å². The molecule has 1 atom stereocenters. The summed E-state index contributed by atoms with van der Waals surface area (Å²) in [6.07, 6.45) is 3.66. The molecule has 2 amide bonds. The van der Waals surface area contributed by atoms with Crippen molar-refractivity contribution >= 4 is 23.4 Å². The van der Waals surface area contributed by atoms with Gasteiger partial charge in [0.05, 0.1) is 12.5 Å². The molecule has 0 heterocycles. The lowest BCUT2D eigenvalue weighted by atomic mass is 9.90. The Morgan fingerprint density at radius 3 is 2.41 bits per heavy atom. The first-order valence-electron chi connectivity index (χ1n) is 7.83. The molecule has 0 aliphatic heterocycles. The predicted molar refractivity (Wildman–Crippen MR) is 87.7 cm³/mol. The molecule has 1 aliphatic carbocycles. The Labute approximate surface area is 136 Å². The van der Waals surface area contributed by atoms with Crippen LogP contribution in [0.25, 0.3) is 0 Å². The summed E-state index contributed by atoms with van der Waals surface area (Å²) in [5.74, 6) is -0.0413. The fourth-order valence-corrected chi connectivity index (χ4v) is 2.95. The van der Waals surface area contributed by atoms with Crippen LogP contribution in [0.2, 0.25) is 5.02 Å². The van der Waals surface area contributed by atoms with Crippen molar-refractivity contribution in [3.8, 4) is 0 Å². The van der Waals surface area contributed by atoms with Crippen LogP contribution in [-0.2, 0) is 9.59 Å². The van der Waals surface area contributed by atoms with Crippen LogP contribution in [-0.4, -0.2) is 29.3 Å². The minimum absolute atomic E-state index is 0.0981. The van der Waals surface area contributed by atoms with E-state index in [0.29, 0.717) is 11.1 Å². The number of nitrogens with one attached hydrogen (secondary N) is 1. The zero-order valence-corrected chi connectivity index (χ0v) is 13.9. The molecule has 2 rings (SSSR count). The van der Waals surface area contributed by atoms with Crippen LogP contribution < -0.4 is 5.32 Å². The average Bonchev–Trinajstić information content (AvgIpc) is 2.42. The second-order valence-corrected chi connectivity index (χ2v) is 6.21. The number of hydrogen-bond acceptors (Lipinski definition) is 2. The molecule has 1 fully saturated rings. The Morgan fingerprint density at radius 1 is 1.32 bits per heavy atom. The van der Waals surface area contributed by atoms with E-state index < -0.39 is 0 Å². The lowest BCUT2D eigenvalue weighted by molar-refractivity contribution is -0.135. The maximum Gasteiger partial charge on any atom is 0.225 e. The summed E-state index contributed by atoms with van der Waals surface area (Å²) in [6.45, 7) is 4.19. The third-order valence-corrected chi connectivity index (χ3v) is 4.46. The number of rotatable bonds is 6. The largest absolute Gasteiger partial charge is 0.349 e. The van der Waals surface area contributed by atoms with E-state index in [1.165, 1.54) is 13.3 Å². The molecule has 22 heavy (non-hydrogen) atoms. The first-order chi connectivity index (χ1) is 10.5. The van der Waals surface area contributed by atoms with Crippen LogP contribution in [0.5, 0.6) is 0 Å². The number of amides is 2. The highest BCUT2D eigenvalue weighted by Gasteiger charge is 2.29. The lowest BCUT2D eigenvalue weighted by Gasteiger charge is -2.37. The van der Waals surface area contributed by atoms with E-state index in [2.05, 4.69) is 5.32 Å². The Bertz CT molecular complexity index is 526. The lowest BCUT2D eigenvalue weighted by Crippen LogP contribution is -2.45. The Morgan fingerprint density at radius 2 is 1.95 bits per heavy atom. The Balaban J connectivity index is 2.09. The molecule has 0 aromatic heterocycles. The van der Waals surface area contributed by atoms with Gasteiger partial charge in [0, 0.05) is 24.5 Å². The topological polar surface area (TPSA) is 49.4 Å². The van der Waals surface area contributed by atoms with Crippen LogP contribution >= 0.6 is 11.6 Å². The second kappa shape index (κ2) is 7.63. The zero-order chi connectivity index (χ0) is 16.1. The van der Waals surface area contributed by atoms with Gasteiger partial charge in [-0.05, 0) is 43.9 Å². The minimum Gasteiger partial charge on any atom is -0.349 e. The molecule has 0 saturated heterocycles. The Kier molecular flexibility index (Phi) is 5.83. The highest BCUT2D eigenvalue weighted by Crippen LogP contribution is 2.27. The van der Waals surface area contributed by atoms with Gasteiger partial charge in [0.25, 0.3) is 0 Å². The molecule has 120 valence electrons. The molecular formula is C17H23ClN2O2. The van der Waals surface area contributed by atoms with Crippen molar-refractivity contribution < 1.29 is 9.59 Å². The van der Waals surface area contributed by atoms with Gasteiger partial charge in [-0.25, -0.2) is 0 Å².